The Bertz CT molecular complexity index is 920. The van der Waals surface area contributed by atoms with Crippen LogP contribution < -0.4 is 4.18 Å². The van der Waals surface area contributed by atoms with Crippen LogP contribution in [0, 0.1) is 5.41 Å². The van der Waals surface area contributed by atoms with E-state index in [-0.39, 0.29) is 17.3 Å². The highest BCUT2D eigenvalue weighted by molar-refractivity contribution is 7.81. The van der Waals surface area contributed by atoms with Gasteiger partial charge in [-0.2, -0.15) is 8.42 Å². The van der Waals surface area contributed by atoms with Gasteiger partial charge in [0, 0.05) is 5.41 Å². The standard InChI is InChI=1S/C18H20O5S/c1-18-9-8-14-13-5-3-12(23-24(20,21)22)10-11(13)2-4-15(14)16(18)6-7-17(18)19/h2-5,10,16-17,19H,6-9H2,1H3,(H,20,21,22)/t16?,17-,18?/m1/s1. The summed E-state index contributed by atoms with van der Waals surface area (Å²) in [4.78, 5) is 0. The van der Waals surface area contributed by atoms with Gasteiger partial charge in [-0.15, -0.1) is 0 Å². The van der Waals surface area contributed by atoms with Crippen molar-refractivity contribution in [1.29, 1.82) is 0 Å². The lowest BCUT2D eigenvalue weighted by molar-refractivity contribution is 0.0459. The fraction of sp³-hybridized carbons (Fsp3) is 0.444. The summed E-state index contributed by atoms with van der Waals surface area (Å²) in [6, 6.07) is 9.09. The van der Waals surface area contributed by atoms with Gasteiger partial charge < -0.3 is 9.29 Å². The van der Waals surface area contributed by atoms with Gasteiger partial charge in [0.05, 0.1) is 6.10 Å². The molecule has 0 bridgehead atoms. The molecule has 2 N–H and O–H groups in total. The molecular formula is C18H20O5S. The number of rotatable bonds is 2. The minimum Gasteiger partial charge on any atom is -0.393 e. The number of hydrogen-bond donors (Lipinski definition) is 2. The van der Waals surface area contributed by atoms with Gasteiger partial charge in [-0.1, -0.05) is 25.1 Å². The second-order valence-electron chi connectivity index (χ2n) is 7.18. The van der Waals surface area contributed by atoms with Gasteiger partial charge in [0.2, 0.25) is 0 Å². The van der Waals surface area contributed by atoms with Gasteiger partial charge in [0.15, 0.2) is 0 Å². The molecule has 1 fully saturated rings. The average Bonchev–Trinajstić information content (AvgIpc) is 2.81. The van der Waals surface area contributed by atoms with E-state index in [1.807, 2.05) is 12.1 Å². The van der Waals surface area contributed by atoms with Gasteiger partial charge >= 0.3 is 10.4 Å². The van der Waals surface area contributed by atoms with E-state index in [0.29, 0.717) is 5.92 Å². The van der Waals surface area contributed by atoms with E-state index >= 15 is 0 Å². The van der Waals surface area contributed by atoms with Crippen LogP contribution in [0.2, 0.25) is 0 Å². The molecule has 0 aromatic heterocycles. The third-order valence-electron chi connectivity index (χ3n) is 5.92. The van der Waals surface area contributed by atoms with Crippen molar-refractivity contribution in [2.45, 2.75) is 44.6 Å². The van der Waals surface area contributed by atoms with Crippen LogP contribution in [0.5, 0.6) is 5.75 Å². The first kappa shape index (κ1) is 15.9. The summed E-state index contributed by atoms with van der Waals surface area (Å²) >= 11 is 0. The van der Waals surface area contributed by atoms with E-state index < -0.39 is 10.4 Å². The van der Waals surface area contributed by atoms with E-state index in [1.54, 1.807) is 12.1 Å². The third kappa shape index (κ3) is 2.41. The van der Waals surface area contributed by atoms with Crippen molar-refractivity contribution in [1.82, 2.24) is 0 Å². The zero-order chi connectivity index (χ0) is 17.1. The molecule has 0 saturated heterocycles. The van der Waals surface area contributed by atoms with Crippen LogP contribution in [0.15, 0.2) is 30.3 Å². The molecule has 0 radical (unpaired) electrons. The number of aliphatic hydroxyl groups excluding tert-OH is 1. The monoisotopic (exact) mass is 348 g/mol. The van der Waals surface area contributed by atoms with Gasteiger partial charge in [-0.25, -0.2) is 0 Å². The Hall–Kier alpha value is -1.63. The Kier molecular flexibility index (Phi) is 3.43. The minimum atomic E-state index is -4.52. The van der Waals surface area contributed by atoms with Crippen LogP contribution >= 0.6 is 0 Å². The summed E-state index contributed by atoms with van der Waals surface area (Å²) in [5.41, 5.74) is 2.54. The molecular weight excluding hydrogens is 328 g/mol. The molecule has 3 atom stereocenters. The quantitative estimate of drug-likeness (QED) is 0.814. The highest BCUT2D eigenvalue weighted by Gasteiger charge is 2.49. The molecule has 0 amide bonds. The molecule has 24 heavy (non-hydrogen) atoms. The van der Waals surface area contributed by atoms with Gasteiger partial charge in [0.1, 0.15) is 5.75 Å². The molecule has 0 aliphatic heterocycles. The van der Waals surface area contributed by atoms with Crippen LogP contribution in [0.4, 0.5) is 0 Å². The predicted molar refractivity (Wildman–Crippen MR) is 90.5 cm³/mol. The molecule has 2 aliphatic rings. The molecule has 2 aromatic rings. The Balaban J connectivity index is 1.81. The van der Waals surface area contributed by atoms with E-state index in [0.717, 1.165) is 36.5 Å². The smallest absolute Gasteiger partial charge is 0.393 e. The van der Waals surface area contributed by atoms with Crippen LogP contribution in [-0.4, -0.2) is 24.2 Å². The van der Waals surface area contributed by atoms with Crippen molar-refractivity contribution < 1.29 is 22.3 Å². The second kappa shape index (κ2) is 5.18. The number of fused-ring (bicyclic) bond motifs is 5. The lowest BCUT2D eigenvalue weighted by Crippen LogP contribution is -2.35. The number of aryl methyl sites for hydroxylation is 1. The zero-order valence-corrected chi connectivity index (χ0v) is 14.2. The molecule has 0 heterocycles. The van der Waals surface area contributed by atoms with Gasteiger partial charge in [-0.3, -0.25) is 4.55 Å². The maximum Gasteiger partial charge on any atom is 0.446 e. The van der Waals surface area contributed by atoms with Crippen molar-refractivity contribution in [2.75, 3.05) is 0 Å². The fourth-order valence-electron chi connectivity index (χ4n) is 4.63. The van der Waals surface area contributed by atoms with Gasteiger partial charge in [-0.05, 0) is 65.6 Å². The Morgan fingerprint density at radius 2 is 2.00 bits per heavy atom. The maximum atomic E-state index is 10.9. The normalized spacial score (nSPS) is 29.3. The maximum absolute atomic E-state index is 10.9. The first-order valence-corrected chi connectivity index (χ1v) is 9.55. The number of benzene rings is 2. The van der Waals surface area contributed by atoms with Crippen molar-refractivity contribution in [2.24, 2.45) is 5.41 Å². The SMILES string of the molecule is CC12CCc3c(ccc4cc(OS(=O)(=O)O)ccc34)C1CC[C@H]2O. The summed E-state index contributed by atoms with van der Waals surface area (Å²) in [5, 5.41) is 12.3. The van der Waals surface area contributed by atoms with Crippen LogP contribution in [0.3, 0.4) is 0 Å². The van der Waals surface area contributed by atoms with Crippen molar-refractivity contribution in [3.8, 4) is 5.75 Å². The lowest BCUT2D eigenvalue weighted by atomic mass is 9.65. The largest absolute Gasteiger partial charge is 0.446 e. The summed E-state index contributed by atoms with van der Waals surface area (Å²) < 4.78 is 35.1. The van der Waals surface area contributed by atoms with E-state index in [2.05, 4.69) is 17.2 Å². The summed E-state index contributed by atoms with van der Waals surface area (Å²) in [6.07, 6.45) is 3.46. The minimum absolute atomic E-state index is 0.0469. The molecule has 1 saturated carbocycles. The molecule has 2 aliphatic carbocycles. The Labute approximate surface area is 141 Å². The fourth-order valence-corrected chi connectivity index (χ4v) is 4.98. The summed E-state index contributed by atoms with van der Waals surface area (Å²) in [7, 11) is -4.52. The molecule has 6 heteroatoms. The molecule has 2 aromatic carbocycles. The van der Waals surface area contributed by atoms with E-state index in [9.17, 15) is 13.5 Å². The van der Waals surface area contributed by atoms with Crippen molar-refractivity contribution in [3.63, 3.8) is 0 Å². The van der Waals surface area contributed by atoms with E-state index in [1.165, 1.54) is 11.1 Å². The predicted octanol–water partition coefficient (Wildman–Crippen LogP) is 3.21. The topological polar surface area (TPSA) is 83.8 Å². The zero-order valence-electron chi connectivity index (χ0n) is 13.4. The number of aliphatic hydroxyl groups is 1. The molecule has 0 spiro atoms. The molecule has 5 nitrogen and oxygen atoms in total. The van der Waals surface area contributed by atoms with Crippen LogP contribution in [-0.2, 0) is 16.8 Å². The first-order chi connectivity index (χ1) is 11.3. The summed E-state index contributed by atoms with van der Waals surface area (Å²) in [5.74, 6) is 0.469. The van der Waals surface area contributed by atoms with Gasteiger partial charge in [0.25, 0.3) is 0 Å². The molecule has 128 valence electrons. The summed E-state index contributed by atoms with van der Waals surface area (Å²) in [6.45, 7) is 2.19. The molecule has 4 rings (SSSR count). The Morgan fingerprint density at radius 3 is 2.75 bits per heavy atom. The highest BCUT2D eigenvalue weighted by Crippen LogP contribution is 2.56. The Morgan fingerprint density at radius 1 is 1.21 bits per heavy atom. The van der Waals surface area contributed by atoms with Crippen LogP contribution in [0.1, 0.15) is 43.2 Å². The average molecular weight is 348 g/mol. The molecule has 2 unspecified atom stereocenters. The van der Waals surface area contributed by atoms with Crippen LogP contribution in [0.25, 0.3) is 10.8 Å². The number of hydrogen-bond acceptors (Lipinski definition) is 4. The highest BCUT2D eigenvalue weighted by atomic mass is 32.3. The second-order valence-corrected chi connectivity index (χ2v) is 8.20. The lowest BCUT2D eigenvalue weighted by Gasteiger charge is -2.40. The first-order valence-electron chi connectivity index (χ1n) is 8.18. The van der Waals surface area contributed by atoms with E-state index in [4.69, 9.17) is 4.55 Å². The van der Waals surface area contributed by atoms with Crippen molar-refractivity contribution in [3.05, 3.63) is 41.5 Å². The third-order valence-corrected chi connectivity index (χ3v) is 6.32. The van der Waals surface area contributed by atoms with Crippen molar-refractivity contribution >= 4 is 21.2 Å².